The molecule has 2 rings (SSSR count). The fourth-order valence-electron chi connectivity index (χ4n) is 1.42. The van der Waals surface area contributed by atoms with Crippen LogP contribution in [0.4, 0.5) is 5.95 Å². The van der Waals surface area contributed by atoms with Crippen LogP contribution in [0.3, 0.4) is 0 Å². The first-order valence-electron chi connectivity index (χ1n) is 6.43. The van der Waals surface area contributed by atoms with Crippen LogP contribution in [0.1, 0.15) is 26.5 Å². The van der Waals surface area contributed by atoms with Gasteiger partial charge in [0.05, 0.1) is 6.10 Å². The molecule has 108 valence electrons. The van der Waals surface area contributed by atoms with Crippen molar-refractivity contribution in [1.82, 2.24) is 25.1 Å². The number of aromatic amines is 1. The van der Waals surface area contributed by atoms with Gasteiger partial charge >= 0.3 is 12.0 Å². The van der Waals surface area contributed by atoms with Gasteiger partial charge in [0.2, 0.25) is 11.8 Å². The third-order valence-corrected chi connectivity index (χ3v) is 2.15. The normalized spacial score (nSPS) is 10.7. The highest BCUT2D eigenvalue weighted by molar-refractivity contribution is 5.28. The van der Waals surface area contributed by atoms with E-state index in [4.69, 9.17) is 9.47 Å². The number of anilines is 1. The van der Waals surface area contributed by atoms with Crippen LogP contribution in [0.5, 0.6) is 17.9 Å². The number of hydrogen-bond donors (Lipinski definition) is 2. The SMILES string of the molecule is CCNc1nc(Oc2cc(C)[nH]n2)nc(OC(C)C)n1. The average Bonchev–Trinajstić information content (AvgIpc) is 2.74. The average molecular weight is 278 g/mol. The maximum atomic E-state index is 5.48. The predicted molar refractivity (Wildman–Crippen MR) is 73.2 cm³/mol. The second kappa shape index (κ2) is 6.18. The van der Waals surface area contributed by atoms with Crippen molar-refractivity contribution in [2.45, 2.75) is 33.8 Å². The lowest BCUT2D eigenvalue weighted by Gasteiger charge is -2.10. The lowest BCUT2D eigenvalue weighted by Crippen LogP contribution is -2.12. The fraction of sp³-hybridized carbons (Fsp3) is 0.500. The molecular weight excluding hydrogens is 260 g/mol. The van der Waals surface area contributed by atoms with Gasteiger partial charge in [-0.1, -0.05) is 0 Å². The van der Waals surface area contributed by atoms with Crippen molar-refractivity contribution in [2.24, 2.45) is 0 Å². The Balaban J connectivity index is 2.23. The molecule has 0 saturated heterocycles. The Kier molecular flexibility index (Phi) is 4.34. The number of aryl methyl sites for hydroxylation is 1. The summed E-state index contributed by atoms with van der Waals surface area (Å²) >= 11 is 0. The van der Waals surface area contributed by atoms with Crippen molar-refractivity contribution in [3.05, 3.63) is 11.8 Å². The van der Waals surface area contributed by atoms with E-state index in [1.54, 1.807) is 6.07 Å². The van der Waals surface area contributed by atoms with Crippen LogP contribution in [0, 0.1) is 6.92 Å². The number of nitrogens with zero attached hydrogens (tertiary/aromatic N) is 4. The van der Waals surface area contributed by atoms with Gasteiger partial charge in [-0.25, -0.2) is 0 Å². The fourth-order valence-corrected chi connectivity index (χ4v) is 1.42. The molecule has 2 aromatic rings. The number of ether oxygens (including phenoxy) is 2. The number of aromatic nitrogens is 5. The van der Waals surface area contributed by atoms with Gasteiger partial charge in [0.1, 0.15) is 0 Å². The summed E-state index contributed by atoms with van der Waals surface area (Å²) in [4.78, 5) is 12.4. The summed E-state index contributed by atoms with van der Waals surface area (Å²) in [7, 11) is 0. The second-order valence-corrected chi connectivity index (χ2v) is 4.41. The zero-order valence-electron chi connectivity index (χ0n) is 12.0. The van der Waals surface area contributed by atoms with Crippen molar-refractivity contribution < 1.29 is 9.47 Å². The summed E-state index contributed by atoms with van der Waals surface area (Å²) in [5.41, 5.74) is 0.889. The van der Waals surface area contributed by atoms with E-state index in [0.29, 0.717) is 18.4 Å². The minimum atomic E-state index is -0.0349. The molecule has 0 aromatic carbocycles. The quantitative estimate of drug-likeness (QED) is 0.832. The topological polar surface area (TPSA) is 97.8 Å². The Morgan fingerprint density at radius 1 is 1.25 bits per heavy atom. The molecule has 20 heavy (non-hydrogen) atoms. The molecule has 0 aliphatic carbocycles. The molecule has 0 radical (unpaired) electrons. The van der Waals surface area contributed by atoms with E-state index in [1.165, 1.54) is 0 Å². The first-order chi connectivity index (χ1) is 9.56. The van der Waals surface area contributed by atoms with E-state index in [1.807, 2.05) is 27.7 Å². The molecule has 0 amide bonds. The molecule has 0 unspecified atom stereocenters. The van der Waals surface area contributed by atoms with Gasteiger partial charge in [-0.3, -0.25) is 5.10 Å². The number of H-pyrrole nitrogens is 1. The van der Waals surface area contributed by atoms with E-state index >= 15 is 0 Å². The van der Waals surface area contributed by atoms with E-state index in [-0.39, 0.29) is 18.1 Å². The number of hydrogen-bond acceptors (Lipinski definition) is 7. The lowest BCUT2D eigenvalue weighted by atomic mass is 10.5. The van der Waals surface area contributed by atoms with Crippen molar-refractivity contribution in [2.75, 3.05) is 11.9 Å². The molecule has 2 N–H and O–H groups in total. The van der Waals surface area contributed by atoms with Crippen LogP contribution in [0.25, 0.3) is 0 Å². The highest BCUT2D eigenvalue weighted by Gasteiger charge is 2.11. The monoisotopic (exact) mass is 278 g/mol. The van der Waals surface area contributed by atoms with Gasteiger partial charge in [-0.15, -0.1) is 10.1 Å². The summed E-state index contributed by atoms with van der Waals surface area (Å²) in [5, 5.41) is 9.75. The molecular formula is C12H18N6O2. The molecule has 8 nitrogen and oxygen atoms in total. The zero-order valence-corrected chi connectivity index (χ0v) is 12.0. The Morgan fingerprint density at radius 2 is 2.00 bits per heavy atom. The Hall–Kier alpha value is -2.38. The standard InChI is InChI=1S/C12H18N6O2/c1-5-13-10-14-11(19-7(2)3)16-12(15-10)20-9-6-8(4)17-18-9/h6-7H,5H2,1-4H3,(H,17,18)(H,13,14,15,16). The first-order valence-corrected chi connectivity index (χ1v) is 6.43. The van der Waals surface area contributed by atoms with E-state index in [2.05, 4.69) is 30.5 Å². The molecule has 8 heteroatoms. The van der Waals surface area contributed by atoms with Crippen LogP contribution in [-0.2, 0) is 0 Å². The van der Waals surface area contributed by atoms with E-state index < -0.39 is 0 Å². The Bertz CT molecular complexity index is 569. The maximum Gasteiger partial charge on any atom is 0.331 e. The number of rotatable bonds is 6. The highest BCUT2D eigenvalue weighted by atomic mass is 16.5. The van der Waals surface area contributed by atoms with Gasteiger partial charge in [0.25, 0.3) is 0 Å². The third kappa shape index (κ3) is 3.81. The molecule has 0 saturated carbocycles. The molecule has 0 bridgehead atoms. The molecule has 0 aliphatic heterocycles. The van der Waals surface area contributed by atoms with Gasteiger partial charge in [0.15, 0.2) is 0 Å². The zero-order chi connectivity index (χ0) is 14.5. The summed E-state index contributed by atoms with van der Waals surface area (Å²) in [6, 6.07) is 2.10. The van der Waals surface area contributed by atoms with Crippen LogP contribution in [0.2, 0.25) is 0 Å². The first kappa shape index (κ1) is 14.0. The molecule has 2 heterocycles. The van der Waals surface area contributed by atoms with E-state index in [0.717, 1.165) is 5.69 Å². The van der Waals surface area contributed by atoms with Gasteiger partial charge in [-0.05, 0) is 27.7 Å². The second-order valence-electron chi connectivity index (χ2n) is 4.41. The molecule has 0 spiro atoms. The predicted octanol–water partition coefficient (Wildman–Crippen LogP) is 1.91. The van der Waals surface area contributed by atoms with Gasteiger partial charge in [-0.2, -0.15) is 9.97 Å². The van der Waals surface area contributed by atoms with Crippen LogP contribution < -0.4 is 14.8 Å². The van der Waals surface area contributed by atoms with Crippen molar-refractivity contribution in [3.8, 4) is 17.9 Å². The van der Waals surface area contributed by atoms with Crippen LogP contribution in [-0.4, -0.2) is 37.8 Å². The minimum absolute atomic E-state index is 0.0349. The summed E-state index contributed by atoms with van der Waals surface area (Å²) in [6.45, 7) is 8.31. The highest BCUT2D eigenvalue weighted by Crippen LogP contribution is 2.19. The maximum absolute atomic E-state index is 5.48. The third-order valence-electron chi connectivity index (χ3n) is 2.15. The van der Waals surface area contributed by atoms with Crippen LogP contribution >= 0.6 is 0 Å². The summed E-state index contributed by atoms with van der Waals surface area (Å²) in [5.74, 6) is 0.798. The Morgan fingerprint density at radius 3 is 2.60 bits per heavy atom. The van der Waals surface area contributed by atoms with Gasteiger partial charge in [0, 0.05) is 18.3 Å². The largest absolute Gasteiger partial charge is 0.461 e. The van der Waals surface area contributed by atoms with Gasteiger partial charge < -0.3 is 14.8 Å². The molecule has 0 atom stereocenters. The summed E-state index contributed by atoms with van der Waals surface area (Å²) < 4.78 is 11.0. The van der Waals surface area contributed by atoms with E-state index in [9.17, 15) is 0 Å². The van der Waals surface area contributed by atoms with Crippen molar-refractivity contribution in [3.63, 3.8) is 0 Å². The lowest BCUT2D eigenvalue weighted by molar-refractivity contribution is 0.218. The molecule has 0 aliphatic rings. The molecule has 2 aromatic heterocycles. The minimum Gasteiger partial charge on any atom is -0.461 e. The smallest absolute Gasteiger partial charge is 0.331 e. The number of nitrogens with one attached hydrogen (secondary N) is 2. The van der Waals surface area contributed by atoms with Crippen molar-refractivity contribution in [1.29, 1.82) is 0 Å². The van der Waals surface area contributed by atoms with Crippen molar-refractivity contribution >= 4 is 5.95 Å². The molecule has 0 fully saturated rings. The Labute approximate surface area is 117 Å². The summed E-state index contributed by atoms with van der Waals surface area (Å²) in [6.07, 6.45) is -0.0349. The van der Waals surface area contributed by atoms with Crippen LogP contribution in [0.15, 0.2) is 6.07 Å².